The summed E-state index contributed by atoms with van der Waals surface area (Å²) in [5.74, 6) is 2.96. The molecule has 0 spiro atoms. The maximum absolute atomic E-state index is 5.31. The summed E-state index contributed by atoms with van der Waals surface area (Å²) in [6.45, 7) is 0.390. The van der Waals surface area contributed by atoms with Gasteiger partial charge in [-0.05, 0) is 30.3 Å². The van der Waals surface area contributed by atoms with Crippen molar-refractivity contribution in [3.63, 3.8) is 0 Å². The fraction of sp³-hybridized carbons (Fsp3) is 0.222. The zero-order chi connectivity index (χ0) is 17.6. The Hall–Kier alpha value is -3.22. The second-order valence-electron chi connectivity index (χ2n) is 5.14. The van der Waals surface area contributed by atoms with Gasteiger partial charge in [-0.3, -0.25) is 0 Å². The van der Waals surface area contributed by atoms with Crippen LogP contribution in [-0.4, -0.2) is 31.5 Å². The fourth-order valence-electron chi connectivity index (χ4n) is 2.38. The van der Waals surface area contributed by atoms with E-state index >= 15 is 0 Å². The van der Waals surface area contributed by atoms with Gasteiger partial charge in [0.2, 0.25) is 11.7 Å². The first-order chi connectivity index (χ1) is 12.2. The molecule has 0 unspecified atom stereocenters. The minimum absolute atomic E-state index is 0.390. The van der Waals surface area contributed by atoms with Crippen LogP contribution in [0, 0.1) is 0 Å². The number of methoxy groups -OCH3 is 3. The first kappa shape index (κ1) is 16.6. The summed E-state index contributed by atoms with van der Waals surface area (Å²) in [7, 11) is 4.80. The van der Waals surface area contributed by atoms with Crippen molar-refractivity contribution in [2.24, 2.45) is 0 Å². The van der Waals surface area contributed by atoms with E-state index in [1.807, 2.05) is 30.3 Å². The van der Waals surface area contributed by atoms with Crippen LogP contribution in [0.1, 0.15) is 5.89 Å². The van der Waals surface area contributed by atoms with E-state index in [9.17, 15) is 0 Å². The lowest BCUT2D eigenvalue weighted by Gasteiger charge is -2.08. The summed E-state index contributed by atoms with van der Waals surface area (Å²) in [6.07, 6.45) is 0. The molecule has 0 amide bonds. The van der Waals surface area contributed by atoms with Crippen molar-refractivity contribution in [3.05, 3.63) is 48.4 Å². The minimum atomic E-state index is 0.390. The van der Waals surface area contributed by atoms with Gasteiger partial charge < -0.3 is 24.1 Å². The highest BCUT2D eigenvalue weighted by Gasteiger charge is 2.12. The van der Waals surface area contributed by atoms with E-state index in [0.717, 1.165) is 17.0 Å². The number of ether oxygens (including phenoxy) is 3. The normalized spacial score (nSPS) is 10.4. The van der Waals surface area contributed by atoms with E-state index in [2.05, 4.69) is 15.5 Å². The third kappa shape index (κ3) is 3.65. The molecule has 3 aromatic rings. The van der Waals surface area contributed by atoms with Crippen LogP contribution < -0.4 is 19.5 Å². The second-order valence-corrected chi connectivity index (χ2v) is 5.14. The average Bonchev–Trinajstić information content (AvgIpc) is 3.15. The molecule has 7 nitrogen and oxygen atoms in total. The molecule has 7 heteroatoms. The molecule has 0 aliphatic carbocycles. The van der Waals surface area contributed by atoms with Gasteiger partial charge in [-0.1, -0.05) is 17.3 Å². The van der Waals surface area contributed by atoms with E-state index < -0.39 is 0 Å². The summed E-state index contributed by atoms with van der Waals surface area (Å²) in [4.78, 5) is 4.40. The predicted molar refractivity (Wildman–Crippen MR) is 93.2 cm³/mol. The summed E-state index contributed by atoms with van der Waals surface area (Å²) < 4.78 is 21.1. The van der Waals surface area contributed by atoms with Crippen LogP contribution in [0.3, 0.4) is 0 Å². The lowest BCUT2D eigenvalue weighted by molar-refractivity contribution is 0.355. The summed E-state index contributed by atoms with van der Waals surface area (Å²) in [5, 5.41) is 7.24. The topological polar surface area (TPSA) is 78.6 Å². The van der Waals surface area contributed by atoms with Crippen LogP contribution in [0.5, 0.6) is 17.2 Å². The van der Waals surface area contributed by atoms with Crippen molar-refractivity contribution in [1.29, 1.82) is 0 Å². The Kier molecular flexibility index (Phi) is 5.03. The van der Waals surface area contributed by atoms with E-state index in [-0.39, 0.29) is 0 Å². The Morgan fingerprint density at radius 2 is 1.68 bits per heavy atom. The van der Waals surface area contributed by atoms with E-state index in [1.165, 1.54) is 0 Å². The third-order valence-electron chi connectivity index (χ3n) is 3.65. The Balaban J connectivity index is 1.74. The molecule has 0 radical (unpaired) electrons. The van der Waals surface area contributed by atoms with Gasteiger partial charge in [0.25, 0.3) is 0 Å². The van der Waals surface area contributed by atoms with E-state index in [4.69, 9.17) is 18.7 Å². The Labute approximate surface area is 145 Å². The van der Waals surface area contributed by atoms with Crippen LogP contribution in [0.4, 0.5) is 5.69 Å². The molecule has 0 aliphatic heterocycles. The molecule has 3 rings (SSSR count). The maximum Gasteiger partial charge on any atom is 0.246 e. The molecular formula is C18H19N3O4. The first-order valence-electron chi connectivity index (χ1n) is 7.67. The minimum Gasteiger partial charge on any atom is -0.495 e. The highest BCUT2D eigenvalue weighted by molar-refractivity contribution is 5.61. The van der Waals surface area contributed by atoms with Crippen LogP contribution in [-0.2, 0) is 6.54 Å². The molecule has 25 heavy (non-hydrogen) atoms. The molecule has 1 N–H and O–H groups in total. The lowest BCUT2D eigenvalue weighted by atomic mass is 10.2. The van der Waals surface area contributed by atoms with Gasteiger partial charge in [-0.15, -0.1) is 0 Å². The number of aromatic nitrogens is 2. The summed E-state index contributed by atoms with van der Waals surface area (Å²) in [6, 6.07) is 13.1. The molecule has 2 aromatic carbocycles. The molecule has 0 saturated heterocycles. The second kappa shape index (κ2) is 7.57. The molecule has 0 aliphatic rings. The first-order valence-corrected chi connectivity index (χ1v) is 7.67. The van der Waals surface area contributed by atoms with Crippen molar-refractivity contribution in [2.45, 2.75) is 6.54 Å². The van der Waals surface area contributed by atoms with E-state index in [0.29, 0.717) is 29.8 Å². The molecule has 0 atom stereocenters. The number of para-hydroxylation sites is 2. The fourth-order valence-corrected chi connectivity index (χ4v) is 2.38. The molecule has 0 bridgehead atoms. The number of anilines is 1. The van der Waals surface area contributed by atoms with Crippen LogP contribution in [0.15, 0.2) is 47.0 Å². The van der Waals surface area contributed by atoms with Gasteiger partial charge in [-0.25, -0.2) is 0 Å². The van der Waals surface area contributed by atoms with Crippen molar-refractivity contribution < 1.29 is 18.7 Å². The number of nitrogens with one attached hydrogen (secondary N) is 1. The quantitative estimate of drug-likeness (QED) is 0.706. The summed E-state index contributed by atoms with van der Waals surface area (Å²) in [5.41, 5.74) is 1.64. The highest BCUT2D eigenvalue weighted by Crippen LogP contribution is 2.31. The van der Waals surface area contributed by atoms with Crippen LogP contribution >= 0.6 is 0 Å². The van der Waals surface area contributed by atoms with Crippen molar-refractivity contribution in [2.75, 3.05) is 26.6 Å². The standard InChI is InChI=1S/C18H19N3O4/c1-22-14-7-5-4-6-13(14)19-11-17-20-18(21-25-17)12-8-9-15(23-2)16(10-12)24-3/h4-10,19H,11H2,1-3H3. The zero-order valence-electron chi connectivity index (χ0n) is 14.3. The van der Waals surface area contributed by atoms with Gasteiger partial charge in [0, 0.05) is 5.56 Å². The molecule has 0 fully saturated rings. The number of hydrogen-bond donors (Lipinski definition) is 1. The Bertz CT molecular complexity index is 848. The Morgan fingerprint density at radius 3 is 2.44 bits per heavy atom. The van der Waals surface area contributed by atoms with Crippen molar-refractivity contribution in [3.8, 4) is 28.6 Å². The SMILES string of the molecule is COc1ccccc1NCc1nc(-c2ccc(OC)c(OC)c2)no1. The highest BCUT2D eigenvalue weighted by atomic mass is 16.5. The van der Waals surface area contributed by atoms with Gasteiger partial charge in [0.1, 0.15) is 5.75 Å². The van der Waals surface area contributed by atoms with Crippen LogP contribution in [0.2, 0.25) is 0 Å². The maximum atomic E-state index is 5.31. The number of hydrogen-bond acceptors (Lipinski definition) is 7. The summed E-state index contributed by atoms with van der Waals surface area (Å²) >= 11 is 0. The smallest absolute Gasteiger partial charge is 0.246 e. The molecular weight excluding hydrogens is 322 g/mol. The third-order valence-corrected chi connectivity index (χ3v) is 3.65. The molecule has 130 valence electrons. The monoisotopic (exact) mass is 341 g/mol. The van der Waals surface area contributed by atoms with Crippen molar-refractivity contribution >= 4 is 5.69 Å². The number of benzene rings is 2. The van der Waals surface area contributed by atoms with Crippen molar-refractivity contribution in [1.82, 2.24) is 10.1 Å². The molecule has 1 heterocycles. The Morgan fingerprint density at radius 1 is 0.920 bits per heavy atom. The van der Waals surface area contributed by atoms with Gasteiger partial charge >= 0.3 is 0 Å². The van der Waals surface area contributed by atoms with Gasteiger partial charge in [-0.2, -0.15) is 4.98 Å². The average molecular weight is 341 g/mol. The lowest BCUT2D eigenvalue weighted by Crippen LogP contribution is -2.01. The van der Waals surface area contributed by atoms with Crippen LogP contribution in [0.25, 0.3) is 11.4 Å². The number of rotatable bonds is 7. The largest absolute Gasteiger partial charge is 0.495 e. The molecule has 1 aromatic heterocycles. The zero-order valence-corrected chi connectivity index (χ0v) is 14.3. The molecule has 0 saturated carbocycles. The van der Waals surface area contributed by atoms with Gasteiger partial charge in [0.05, 0.1) is 33.6 Å². The predicted octanol–water partition coefficient (Wildman–Crippen LogP) is 3.37. The van der Waals surface area contributed by atoms with Gasteiger partial charge in [0.15, 0.2) is 11.5 Å². The number of nitrogens with zero attached hydrogens (tertiary/aromatic N) is 2. The van der Waals surface area contributed by atoms with E-state index in [1.54, 1.807) is 33.5 Å².